The fourth-order valence-electron chi connectivity index (χ4n) is 1.84. The Labute approximate surface area is 116 Å². The molecule has 0 fully saturated rings. The molecule has 1 aromatic carbocycles. The summed E-state index contributed by atoms with van der Waals surface area (Å²) in [5.41, 5.74) is 3.53. The molecule has 0 atom stereocenters. The molecule has 0 aliphatic rings. The van der Waals surface area contributed by atoms with Crippen LogP contribution in [0.3, 0.4) is 0 Å². The number of aromatic amines is 1. The lowest BCUT2D eigenvalue weighted by Crippen LogP contribution is -2.05. The monoisotopic (exact) mass is 307 g/mol. The highest BCUT2D eigenvalue weighted by atomic mass is 79.9. The topological polar surface area (TPSA) is 40.7 Å². The maximum atomic E-state index is 4.50. The summed E-state index contributed by atoms with van der Waals surface area (Å²) in [5, 5.41) is 3.11. The second-order valence-corrected chi connectivity index (χ2v) is 5.41. The fourth-order valence-corrected chi connectivity index (χ4v) is 2.26. The predicted octanol–water partition coefficient (Wildman–Crippen LogP) is 3.68. The summed E-state index contributed by atoms with van der Waals surface area (Å²) in [6.07, 6.45) is 0. The molecule has 2 N–H and O–H groups in total. The highest BCUT2D eigenvalue weighted by molar-refractivity contribution is 9.10. The van der Waals surface area contributed by atoms with E-state index in [2.05, 4.69) is 69.3 Å². The number of halogens is 1. The summed E-state index contributed by atoms with van der Waals surface area (Å²) in [6, 6.07) is 8.55. The standard InChI is InChI=1S/C14H18BrN3/c1-9(2)10-4-6-11(7-5-10)14-17-12(8-16-3)13(15)18-14/h4-7,9,16H,8H2,1-3H3,(H,17,18). The van der Waals surface area contributed by atoms with Crippen LogP contribution in [-0.2, 0) is 6.54 Å². The maximum absolute atomic E-state index is 4.50. The van der Waals surface area contributed by atoms with Crippen LogP contribution in [0.4, 0.5) is 0 Å². The first-order chi connectivity index (χ1) is 8.61. The molecule has 0 radical (unpaired) electrons. The van der Waals surface area contributed by atoms with E-state index in [1.807, 2.05) is 7.05 Å². The van der Waals surface area contributed by atoms with Crippen molar-refractivity contribution in [3.63, 3.8) is 0 Å². The Balaban J connectivity index is 2.28. The van der Waals surface area contributed by atoms with Crippen molar-refractivity contribution in [2.45, 2.75) is 26.3 Å². The van der Waals surface area contributed by atoms with E-state index < -0.39 is 0 Å². The number of hydrogen-bond acceptors (Lipinski definition) is 2. The third kappa shape index (κ3) is 2.82. The molecule has 2 aromatic rings. The lowest BCUT2D eigenvalue weighted by molar-refractivity contribution is 0.793. The number of H-pyrrole nitrogens is 1. The van der Waals surface area contributed by atoms with Crippen LogP contribution in [-0.4, -0.2) is 17.0 Å². The Morgan fingerprint density at radius 2 is 1.94 bits per heavy atom. The summed E-state index contributed by atoms with van der Waals surface area (Å²) in [5.74, 6) is 1.46. The average Bonchev–Trinajstić information content (AvgIpc) is 2.72. The second kappa shape index (κ2) is 5.67. The van der Waals surface area contributed by atoms with Crippen molar-refractivity contribution in [2.24, 2.45) is 0 Å². The lowest BCUT2D eigenvalue weighted by atomic mass is 10.0. The molecule has 0 saturated heterocycles. The molecule has 0 bridgehead atoms. The molecule has 96 valence electrons. The van der Waals surface area contributed by atoms with Gasteiger partial charge in [0.25, 0.3) is 0 Å². The third-order valence-corrected chi connectivity index (χ3v) is 3.59. The quantitative estimate of drug-likeness (QED) is 0.904. The van der Waals surface area contributed by atoms with Gasteiger partial charge in [-0.2, -0.15) is 0 Å². The largest absolute Gasteiger partial charge is 0.340 e. The number of benzene rings is 1. The van der Waals surface area contributed by atoms with E-state index >= 15 is 0 Å². The second-order valence-electron chi connectivity index (χ2n) is 4.66. The molecule has 1 heterocycles. The molecule has 1 aromatic heterocycles. The van der Waals surface area contributed by atoms with Gasteiger partial charge in [-0.25, -0.2) is 4.98 Å². The molecule has 0 aliphatic carbocycles. The zero-order valence-corrected chi connectivity index (χ0v) is 12.5. The minimum atomic E-state index is 0.558. The number of rotatable bonds is 4. The number of aromatic nitrogens is 2. The highest BCUT2D eigenvalue weighted by Gasteiger charge is 2.09. The van der Waals surface area contributed by atoms with E-state index in [9.17, 15) is 0 Å². The summed E-state index contributed by atoms with van der Waals surface area (Å²) in [4.78, 5) is 7.82. The summed E-state index contributed by atoms with van der Waals surface area (Å²) < 4.78 is 0.875. The Morgan fingerprint density at radius 1 is 1.28 bits per heavy atom. The number of hydrogen-bond donors (Lipinski definition) is 2. The van der Waals surface area contributed by atoms with E-state index in [4.69, 9.17) is 0 Å². The van der Waals surface area contributed by atoms with Gasteiger partial charge in [-0.05, 0) is 34.5 Å². The van der Waals surface area contributed by atoms with Crippen LogP contribution < -0.4 is 5.32 Å². The minimum absolute atomic E-state index is 0.558. The summed E-state index contributed by atoms with van der Waals surface area (Å²) in [6.45, 7) is 5.17. The van der Waals surface area contributed by atoms with E-state index in [1.54, 1.807) is 0 Å². The van der Waals surface area contributed by atoms with E-state index in [0.29, 0.717) is 5.92 Å². The van der Waals surface area contributed by atoms with Crippen molar-refractivity contribution in [3.05, 3.63) is 40.1 Å². The van der Waals surface area contributed by atoms with E-state index in [-0.39, 0.29) is 0 Å². The zero-order valence-electron chi connectivity index (χ0n) is 10.9. The predicted molar refractivity (Wildman–Crippen MR) is 78.6 cm³/mol. The van der Waals surface area contributed by atoms with Crippen LogP contribution in [0.25, 0.3) is 11.4 Å². The van der Waals surface area contributed by atoms with Gasteiger partial charge < -0.3 is 10.3 Å². The fraction of sp³-hybridized carbons (Fsp3) is 0.357. The first kappa shape index (κ1) is 13.3. The summed E-state index contributed by atoms with van der Waals surface area (Å²) in [7, 11) is 1.92. The maximum Gasteiger partial charge on any atom is 0.138 e. The normalized spacial score (nSPS) is 11.2. The zero-order chi connectivity index (χ0) is 13.1. The van der Waals surface area contributed by atoms with Crippen molar-refractivity contribution in [1.82, 2.24) is 15.3 Å². The number of nitrogens with zero attached hydrogens (tertiary/aromatic N) is 1. The van der Waals surface area contributed by atoms with Crippen molar-refractivity contribution in [1.29, 1.82) is 0 Å². The number of imidazole rings is 1. The molecule has 4 heteroatoms. The van der Waals surface area contributed by atoms with Crippen molar-refractivity contribution < 1.29 is 0 Å². The van der Waals surface area contributed by atoms with Crippen LogP contribution in [0.2, 0.25) is 0 Å². The van der Waals surface area contributed by atoms with Gasteiger partial charge in [0, 0.05) is 12.1 Å². The molecule has 0 spiro atoms. The molecule has 0 aliphatic heterocycles. The minimum Gasteiger partial charge on any atom is -0.340 e. The SMILES string of the molecule is CNCc1[nH]c(-c2ccc(C(C)C)cc2)nc1Br. The van der Waals surface area contributed by atoms with Gasteiger partial charge in [0.2, 0.25) is 0 Å². The van der Waals surface area contributed by atoms with Crippen molar-refractivity contribution in [3.8, 4) is 11.4 Å². The van der Waals surface area contributed by atoms with Crippen LogP contribution in [0.1, 0.15) is 31.0 Å². The molecule has 18 heavy (non-hydrogen) atoms. The first-order valence-electron chi connectivity index (χ1n) is 6.11. The molecule has 3 nitrogen and oxygen atoms in total. The van der Waals surface area contributed by atoms with Crippen LogP contribution in [0.15, 0.2) is 28.9 Å². The van der Waals surface area contributed by atoms with Crippen LogP contribution in [0, 0.1) is 0 Å². The van der Waals surface area contributed by atoms with Gasteiger partial charge in [-0.1, -0.05) is 38.1 Å². The van der Waals surface area contributed by atoms with Crippen molar-refractivity contribution >= 4 is 15.9 Å². The molecule has 2 rings (SSSR count). The third-order valence-electron chi connectivity index (χ3n) is 2.93. The molecular weight excluding hydrogens is 290 g/mol. The Kier molecular flexibility index (Phi) is 4.19. The molecule has 0 amide bonds. The lowest BCUT2D eigenvalue weighted by Gasteiger charge is -2.05. The highest BCUT2D eigenvalue weighted by Crippen LogP contribution is 2.23. The smallest absolute Gasteiger partial charge is 0.138 e. The molecular formula is C14H18BrN3. The average molecular weight is 308 g/mol. The van der Waals surface area contributed by atoms with Crippen LogP contribution in [0.5, 0.6) is 0 Å². The van der Waals surface area contributed by atoms with Gasteiger partial charge >= 0.3 is 0 Å². The van der Waals surface area contributed by atoms with E-state index in [1.165, 1.54) is 5.56 Å². The Hall–Kier alpha value is -1.13. The molecule has 0 saturated carbocycles. The van der Waals surface area contributed by atoms with Gasteiger partial charge in [0.05, 0.1) is 5.69 Å². The van der Waals surface area contributed by atoms with Gasteiger partial charge in [-0.3, -0.25) is 0 Å². The van der Waals surface area contributed by atoms with Crippen LogP contribution >= 0.6 is 15.9 Å². The first-order valence-corrected chi connectivity index (χ1v) is 6.90. The Bertz CT molecular complexity index is 514. The van der Waals surface area contributed by atoms with Gasteiger partial charge in [-0.15, -0.1) is 0 Å². The van der Waals surface area contributed by atoms with Crippen molar-refractivity contribution in [2.75, 3.05) is 7.05 Å². The molecule has 0 unspecified atom stereocenters. The van der Waals surface area contributed by atoms with Gasteiger partial charge in [0.15, 0.2) is 0 Å². The Morgan fingerprint density at radius 3 is 2.50 bits per heavy atom. The van der Waals surface area contributed by atoms with Gasteiger partial charge in [0.1, 0.15) is 10.4 Å². The summed E-state index contributed by atoms with van der Waals surface area (Å²) >= 11 is 3.47. The van der Waals surface area contributed by atoms with E-state index in [0.717, 1.165) is 28.2 Å². The number of nitrogens with one attached hydrogen (secondary N) is 2.